The van der Waals surface area contributed by atoms with Crippen LogP contribution in [0.3, 0.4) is 0 Å². The number of ether oxygens (including phenoxy) is 1. The molecule has 0 spiro atoms. The second-order valence-corrected chi connectivity index (χ2v) is 4.24. The van der Waals surface area contributed by atoms with Gasteiger partial charge in [-0.05, 0) is 24.1 Å². The van der Waals surface area contributed by atoms with E-state index in [1.807, 2.05) is 6.07 Å². The van der Waals surface area contributed by atoms with Crippen LogP contribution in [-0.2, 0) is 4.74 Å². The van der Waals surface area contributed by atoms with Crippen LogP contribution in [0.15, 0.2) is 24.3 Å². The molecule has 14 heavy (non-hydrogen) atoms. The van der Waals surface area contributed by atoms with Gasteiger partial charge in [0.15, 0.2) is 0 Å². The van der Waals surface area contributed by atoms with Crippen molar-refractivity contribution >= 4 is 15.9 Å². The molecule has 1 aromatic rings. The minimum atomic E-state index is -0.162. The molecule has 0 saturated carbocycles. The third-order valence-corrected chi connectivity index (χ3v) is 3.29. The van der Waals surface area contributed by atoms with E-state index in [0.29, 0.717) is 12.5 Å². The van der Waals surface area contributed by atoms with Crippen LogP contribution >= 0.6 is 15.9 Å². The van der Waals surface area contributed by atoms with Crippen LogP contribution in [0, 0.1) is 5.82 Å². The molecule has 1 saturated heterocycles. The first kappa shape index (κ1) is 10.1. The highest BCUT2D eigenvalue weighted by atomic mass is 79.9. The van der Waals surface area contributed by atoms with Gasteiger partial charge in [-0.15, -0.1) is 0 Å². The van der Waals surface area contributed by atoms with Crippen molar-refractivity contribution < 1.29 is 9.13 Å². The number of hydrogen-bond acceptors (Lipinski definition) is 1. The first-order valence-electron chi connectivity index (χ1n) is 4.72. The van der Waals surface area contributed by atoms with Crippen LogP contribution in [0.5, 0.6) is 0 Å². The molecule has 2 rings (SSSR count). The van der Waals surface area contributed by atoms with Gasteiger partial charge in [0, 0.05) is 11.2 Å². The summed E-state index contributed by atoms with van der Waals surface area (Å²) in [6.45, 7) is 0.708. The van der Waals surface area contributed by atoms with Crippen molar-refractivity contribution in [2.75, 3.05) is 11.9 Å². The van der Waals surface area contributed by atoms with Crippen molar-refractivity contribution in [2.24, 2.45) is 0 Å². The molecular formula is C11H12BrFO. The minimum absolute atomic E-state index is 0.162. The van der Waals surface area contributed by atoms with E-state index < -0.39 is 0 Å². The van der Waals surface area contributed by atoms with Crippen LogP contribution in [-0.4, -0.2) is 18.0 Å². The molecule has 0 aliphatic carbocycles. The quantitative estimate of drug-likeness (QED) is 0.741. The molecule has 0 bridgehead atoms. The molecular weight excluding hydrogens is 247 g/mol. The molecule has 1 heterocycles. The van der Waals surface area contributed by atoms with E-state index in [1.165, 1.54) is 6.07 Å². The summed E-state index contributed by atoms with van der Waals surface area (Å²) in [6.07, 6.45) is 1.26. The normalized spacial score (nSPS) is 26.7. The number of hydrogen-bond donors (Lipinski definition) is 0. The highest BCUT2D eigenvalue weighted by Crippen LogP contribution is 2.30. The monoisotopic (exact) mass is 258 g/mol. The standard InChI is InChI=1S/C11H12BrFO/c12-6-11-5-9(7-14-11)8-2-1-3-10(13)4-8/h1-4,9,11H,5-7H2/t9-,11+/m0/s1. The fraction of sp³-hybridized carbons (Fsp3) is 0.455. The number of alkyl halides is 1. The fourth-order valence-electron chi connectivity index (χ4n) is 1.81. The largest absolute Gasteiger partial charge is 0.377 e. The SMILES string of the molecule is Fc1cccc([C@@H]2CO[C@@H](CBr)C2)c1. The van der Waals surface area contributed by atoms with Gasteiger partial charge in [-0.3, -0.25) is 0 Å². The molecule has 1 aliphatic rings. The van der Waals surface area contributed by atoms with Crippen LogP contribution in [0.2, 0.25) is 0 Å². The number of halogens is 2. The highest BCUT2D eigenvalue weighted by molar-refractivity contribution is 9.09. The van der Waals surface area contributed by atoms with Gasteiger partial charge in [-0.25, -0.2) is 4.39 Å². The average molecular weight is 259 g/mol. The lowest BCUT2D eigenvalue weighted by Gasteiger charge is -2.07. The van der Waals surface area contributed by atoms with Gasteiger partial charge >= 0.3 is 0 Å². The third kappa shape index (κ3) is 2.15. The summed E-state index contributed by atoms with van der Waals surface area (Å²) in [4.78, 5) is 0. The molecule has 0 N–H and O–H groups in total. The maximum atomic E-state index is 12.9. The van der Waals surface area contributed by atoms with E-state index in [2.05, 4.69) is 15.9 Å². The van der Waals surface area contributed by atoms with Crippen LogP contribution < -0.4 is 0 Å². The second kappa shape index (κ2) is 4.41. The topological polar surface area (TPSA) is 9.23 Å². The van der Waals surface area contributed by atoms with Gasteiger partial charge in [0.05, 0.1) is 12.7 Å². The van der Waals surface area contributed by atoms with E-state index >= 15 is 0 Å². The molecule has 0 radical (unpaired) electrons. The van der Waals surface area contributed by atoms with Crippen LogP contribution in [0.25, 0.3) is 0 Å². The zero-order chi connectivity index (χ0) is 9.97. The molecule has 76 valence electrons. The Hall–Kier alpha value is -0.410. The minimum Gasteiger partial charge on any atom is -0.377 e. The lowest BCUT2D eigenvalue weighted by molar-refractivity contribution is 0.127. The molecule has 3 heteroatoms. The Morgan fingerprint density at radius 3 is 3.00 bits per heavy atom. The van der Waals surface area contributed by atoms with Gasteiger partial charge in [0.2, 0.25) is 0 Å². The van der Waals surface area contributed by atoms with E-state index in [-0.39, 0.29) is 11.9 Å². The van der Waals surface area contributed by atoms with Gasteiger partial charge < -0.3 is 4.74 Å². The van der Waals surface area contributed by atoms with E-state index in [9.17, 15) is 4.39 Å². The maximum absolute atomic E-state index is 12.9. The number of rotatable bonds is 2. The van der Waals surface area contributed by atoms with Gasteiger partial charge in [-0.1, -0.05) is 28.1 Å². The predicted molar refractivity (Wildman–Crippen MR) is 57.3 cm³/mol. The van der Waals surface area contributed by atoms with E-state index in [0.717, 1.165) is 17.3 Å². The van der Waals surface area contributed by atoms with Crippen LogP contribution in [0.4, 0.5) is 4.39 Å². The first-order valence-corrected chi connectivity index (χ1v) is 5.85. The molecule has 1 fully saturated rings. The van der Waals surface area contributed by atoms with Gasteiger partial charge in [0.25, 0.3) is 0 Å². The smallest absolute Gasteiger partial charge is 0.123 e. The second-order valence-electron chi connectivity index (χ2n) is 3.60. The third-order valence-electron chi connectivity index (χ3n) is 2.57. The molecule has 1 aromatic carbocycles. The van der Waals surface area contributed by atoms with Crippen molar-refractivity contribution in [3.63, 3.8) is 0 Å². The lowest BCUT2D eigenvalue weighted by Crippen LogP contribution is -2.05. The first-order chi connectivity index (χ1) is 6.79. The van der Waals surface area contributed by atoms with Gasteiger partial charge in [0.1, 0.15) is 5.82 Å². The molecule has 0 amide bonds. The average Bonchev–Trinajstić information content (AvgIpc) is 2.66. The Balaban J connectivity index is 2.09. The van der Waals surface area contributed by atoms with Crippen molar-refractivity contribution in [1.82, 2.24) is 0 Å². The summed E-state index contributed by atoms with van der Waals surface area (Å²) in [5.41, 5.74) is 1.05. The Bertz CT molecular complexity index is 316. The Morgan fingerprint density at radius 1 is 1.50 bits per heavy atom. The molecule has 2 atom stereocenters. The van der Waals surface area contributed by atoms with Crippen molar-refractivity contribution in [1.29, 1.82) is 0 Å². The van der Waals surface area contributed by atoms with Crippen LogP contribution in [0.1, 0.15) is 17.9 Å². The summed E-state index contributed by atoms with van der Waals surface area (Å²) in [6, 6.07) is 6.80. The predicted octanol–water partition coefficient (Wildman–Crippen LogP) is 3.09. The molecule has 1 nitrogen and oxygen atoms in total. The summed E-state index contributed by atoms with van der Waals surface area (Å²) >= 11 is 3.39. The highest BCUT2D eigenvalue weighted by Gasteiger charge is 2.25. The van der Waals surface area contributed by atoms with Crippen molar-refractivity contribution in [3.05, 3.63) is 35.6 Å². The Morgan fingerprint density at radius 2 is 2.36 bits per heavy atom. The molecule has 0 aromatic heterocycles. The molecule has 1 aliphatic heterocycles. The summed E-state index contributed by atoms with van der Waals surface area (Å²) < 4.78 is 18.5. The Kier molecular flexibility index (Phi) is 3.19. The van der Waals surface area contributed by atoms with Crippen molar-refractivity contribution in [3.8, 4) is 0 Å². The maximum Gasteiger partial charge on any atom is 0.123 e. The van der Waals surface area contributed by atoms with E-state index in [1.54, 1.807) is 12.1 Å². The van der Waals surface area contributed by atoms with Crippen molar-refractivity contribution in [2.45, 2.75) is 18.4 Å². The number of benzene rings is 1. The summed E-state index contributed by atoms with van der Waals surface area (Å²) in [7, 11) is 0. The molecule has 0 unspecified atom stereocenters. The fourth-order valence-corrected chi connectivity index (χ4v) is 2.26. The van der Waals surface area contributed by atoms with E-state index in [4.69, 9.17) is 4.74 Å². The lowest BCUT2D eigenvalue weighted by atomic mass is 9.97. The summed E-state index contributed by atoms with van der Waals surface area (Å²) in [5, 5.41) is 0.860. The zero-order valence-electron chi connectivity index (χ0n) is 7.75. The summed E-state index contributed by atoms with van der Waals surface area (Å²) in [5.74, 6) is 0.193. The zero-order valence-corrected chi connectivity index (χ0v) is 9.34. The Labute approximate surface area is 91.4 Å². The van der Waals surface area contributed by atoms with Gasteiger partial charge in [-0.2, -0.15) is 0 Å².